The molecule has 0 bridgehead atoms. The van der Waals surface area contributed by atoms with Crippen molar-refractivity contribution in [2.75, 3.05) is 0 Å². The lowest BCUT2D eigenvalue weighted by atomic mass is 9.58. The van der Waals surface area contributed by atoms with E-state index in [0.29, 0.717) is 12.8 Å². The van der Waals surface area contributed by atoms with E-state index in [-0.39, 0.29) is 11.7 Å². The highest BCUT2D eigenvalue weighted by molar-refractivity contribution is 6.03. The SMILES string of the molecule is CC1=CC[C@@H](O)[C@]2(C)Cc3occ(C)c3C(=O)[C@@H]12. The molecule has 3 heteroatoms. The summed E-state index contributed by atoms with van der Waals surface area (Å²) in [5.74, 6) is 0.646. The number of allylic oxidation sites excluding steroid dienone is 1. The van der Waals surface area contributed by atoms with Gasteiger partial charge in [-0.25, -0.2) is 0 Å². The highest BCUT2D eigenvalue weighted by Crippen LogP contribution is 2.49. The van der Waals surface area contributed by atoms with Crippen LogP contribution in [0.4, 0.5) is 0 Å². The van der Waals surface area contributed by atoms with E-state index in [2.05, 4.69) is 0 Å². The van der Waals surface area contributed by atoms with E-state index >= 15 is 0 Å². The van der Waals surface area contributed by atoms with Crippen molar-refractivity contribution < 1.29 is 14.3 Å². The van der Waals surface area contributed by atoms with E-state index in [4.69, 9.17) is 4.42 Å². The third-order valence-electron chi connectivity index (χ3n) is 4.64. The van der Waals surface area contributed by atoms with Crippen LogP contribution in [0.15, 0.2) is 22.3 Å². The first-order valence-electron chi connectivity index (χ1n) is 6.41. The van der Waals surface area contributed by atoms with E-state index in [1.807, 2.05) is 26.8 Å². The molecular formula is C15H18O3. The fourth-order valence-electron chi connectivity index (χ4n) is 3.57. The molecule has 0 spiro atoms. The lowest BCUT2D eigenvalue weighted by Gasteiger charge is -2.46. The molecule has 18 heavy (non-hydrogen) atoms. The van der Waals surface area contributed by atoms with Crippen LogP contribution in [-0.4, -0.2) is 17.0 Å². The highest BCUT2D eigenvalue weighted by atomic mass is 16.3. The van der Waals surface area contributed by atoms with Crippen molar-refractivity contribution in [1.82, 2.24) is 0 Å². The number of Topliss-reactive ketones (excluding diaryl/α,β-unsaturated/α-hetero) is 1. The number of aryl methyl sites for hydroxylation is 1. The van der Waals surface area contributed by atoms with Crippen molar-refractivity contribution in [3.8, 4) is 0 Å². The van der Waals surface area contributed by atoms with Gasteiger partial charge in [-0.15, -0.1) is 0 Å². The fourth-order valence-corrected chi connectivity index (χ4v) is 3.57. The van der Waals surface area contributed by atoms with E-state index in [9.17, 15) is 9.90 Å². The minimum Gasteiger partial charge on any atom is -0.468 e. The molecule has 0 radical (unpaired) electrons. The second-order valence-corrected chi connectivity index (χ2v) is 5.90. The molecule has 3 nitrogen and oxygen atoms in total. The van der Waals surface area contributed by atoms with Crippen LogP contribution >= 0.6 is 0 Å². The maximum absolute atomic E-state index is 12.7. The largest absolute Gasteiger partial charge is 0.468 e. The average Bonchev–Trinajstić information content (AvgIpc) is 2.66. The Balaban J connectivity index is 2.20. The van der Waals surface area contributed by atoms with Gasteiger partial charge in [0.05, 0.1) is 23.8 Å². The fraction of sp³-hybridized carbons (Fsp3) is 0.533. The van der Waals surface area contributed by atoms with Gasteiger partial charge in [0.15, 0.2) is 5.78 Å². The van der Waals surface area contributed by atoms with Crippen molar-refractivity contribution >= 4 is 5.78 Å². The molecule has 1 aromatic heterocycles. The highest BCUT2D eigenvalue weighted by Gasteiger charge is 2.52. The van der Waals surface area contributed by atoms with E-state index in [1.165, 1.54) is 0 Å². The Morgan fingerprint density at radius 3 is 2.89 bits per heavy atom. The van der Waals surface area contributed by atoms with Gasteiger partial charge >= 0.3 is 0 Å². The molecule has 0 amide bonds. The number of fused-ring (bicyclic) bond motifs is 2. The first-order valence-corrected chi connectivity index (χ1v) is 6.41. The number of hydrogen-bond acceptors (Lipinski definition) is 3. The molecular weight excluding hydrogens is 228 g/mol. The zero-order chi connectivity index (χ0) is 13.1. The second kappa shape index (κ2) is 3.58. The molecule has 1 N–H and O–H groups in total. The molecule has 1 heterocycles. The predicted molar refractivity (Wildman–Crippen MR) is 67.5 cm³/mol. The van der Waals surface area contributed by atoms with Crippen LogP contribution in [0.1, 0.15) is 41.9 Å². The molecule has 0 aliphatic heterocycles. The molecule has 2 aliphatic carbocycles. The number of aliphatic hydroxyl groups is 1. The Morgan fingerprint density at radius 1 is 1.44 bits per heavy atom. The quantitative estimate of drug-likeness (QED) is 0.716. The number of hydrogen-bond donors (Lipinski definition) is 1. The van der Waals surface area contributed by atoms with Crippen molar-refractivity contribution in [1.29, 1.82) is 0 Å². The van der Waals surface area contributed by atoms with Crippen LogP contribution in [0.2, 0.25) is 0 Å². The molecule has 3 atom stereocenters. The summed E-state index contributed by atoms with van der Waals surface area (Å²) < 4.78 is 5.50. The number of ketones is 1. The molecule has 2 aliphatic rings. The number of rotatable bonds is 0. The Bertz CT molecular complexity index is 552. The monoisotopic (exact) mass is 246 g/mol. The normalized spacial score (nSPS) is 34.9. The molecule has 0 fully saturated rings. The van der Waals surface area contributed by atoms with Crippen LogP contribution in [0, 0.1) is 18.3 Å². The Morgan fingerprint density at radius 2 is 2.17 bits per heavy atom. The van der Waals surface area contributed by atoms with Gasteiger partial charge in [0.25, 0.3) is 0 Å². The van der Waals surface area contributed by atoms with Gasteiger partial charge in [-0.2, -0.15) is 0 Å². The van der Waals surface area contributed by atoms with Crippen LogP contribution < -0.4 is 0 Å². The Kier molecular flexibility index (Phi) is 2.33. The van der Waals surface area contributed by atoms with Gasteiger partial charge in [0, 0.05) is 11.8 Å². The second-order valence-electron chi connectivity index (χ2n) is 5.90. The summed E-state index contributed by atoms with van der Waals surface area (Å²) in [6.45, 7) is 5.89. The Labute approximate surface area is 106 Å². The summed E-state index contributed by atoms with van der Waals surface area (Å²) in [6.07, 6.45) is 4.43. The summed E-state index contributed by atoms with van der Waals surface area (Å²) in [5, 5.41) is 10.3. The summed E-state index contributed by atoms with van der Waals surface area (Å²) in [7, 11) is 0. The minimum atomic E-state index is -0.478. The number of furan rings is 1. The summed E-state index contributed by atoms with van der Waals surface area (Å²) in [4.78, 5) is 12.7. The zero-order valence-corrected chi connectivity index (χ0v) is 11.0. The van der Waals surface area contributed by atoms with Gasteiger partial charge < -0.3 is 9.52 Å². The molecule has 0 unspecified atom stereocenters. The van der Waals surface area contributed by atoms with E-state index in [0.717, 1.165) is 22.5 Å². The van der Waals surface area contributed by atoms with Crippen molar-refractivity contribution in [3.05, 3.63) is 34.8 Å². The first kappa shape index (κ1) is 11.7. The first-order chi connectivity index (χ1) is 8.45. The number of carbonyl (C=O) groups excluding carboxylic acids is 1. The van der Waals surface area contributed by atoms with Gasteiger partial charge in [0.1, 0.15) is 5.76 Å². The maximum Gasteiger partial charge on any atom is 0.174 e. The topological polar surface area (TPSA) is 50.4 Å². The van der Waals surface area contributed by atoms with E-state index < -0.39 is 11.5 Å². The summed E-state index contributed by atoms with van der Waals surface area (Å²) in [5.41, 5.74) is 2.30. The number of aliphatic hydroxyl groups excluding tert-OH is 1. The minimum absolute atomic E-state index is 0.109. The lowest BCUT2D eigenvalue weighted by molar-refractivity contribution is -0.00609. The van der Waals surface area contributed by atoms with Gasteiger partial charge in [-0.1, -0.05) is 18.6 Å². The van der Waals surface area contributed by atoms with Gasteiger partial charge in [0.2, 0.25) is 0 Å². The van der Waals surface area contributed by atoms with Crippen molar-refractivity contribution in [2.45, 2.75) is 39.7 Å². The van der Waals surface area contributed by atoms with Gasteiger partial charge in [-0.3, -0.25) is 4.79 Å². The molecule has 3 rings (SSSR count). The van der Waals surface area contributed by atoms with Crippen LogP contribution in [-0.2, 0) is 6.42 Å². The lowest BCUT2D eigenvalue weighted by Crippen LogP contribution is -2.50. The number of carbonyl (C=O) groups is 1. The molecule has 1 aromatic rings. The third-order valence-corrected chi connectivity index (χ3v) is 4.64. The zero-order valence-electron chi connectivity index (χ0n) is 11.0. The van der Waals surface area contributed by atoms with E-state index in [1.54, 1.807) is 6.26 Å². The molecule has 96 valence electrons. The van der Waals surface area contributed by atoms with Crippen LogP contribution in [0.25, 0.3) is 0 Å². The summed E-state index contributed by atoms with van der Waals surface area (Å²) >= 11 is 0. The van der Waals surface area contributed by atoms with Crippen molar-refractivity contribution in [2.24, 2.45) is 11.3 Å². The molecule has 0 saturated heterocycles. The predicted octanol–water partition coefficient (Wildman–Crippen LogP) is 2.66. The smallest absolute Gasteiger partial charge is 0.174 e. The third kappa shape index (κ3) is 1.31. The maximum atomic E-state index is 12.7. The molecule has 0 aromatic carbocycles. The van der Waals surface area contributed by atoms with Crippen LogP contribution in [0.3, 0.4) is 0 Å². The average molecular weight is 246 g/mol. The van der Waals surface area contributed by atoms with Crippen LogP contribution in [0.5, 0.6) is 0 Å². The van der Waals surface area contributed by atoms with Crippen molar-refractivity contribution in [3.63, 3.8) is 0 Å². The Hall–Kier alpha value is -1.35. The molecule has 0 saturated carbocycles. The van der Waals surface area contributed by atoms with Gasteiger partial charge in [-0.05, 0) is 25.8 Å². The standard InChI is InChI=1S/C15H18O3/c1-8-4-5-11(16)15(3)6-10-12(9(2)7-18-10)14(17)13(8)15/h4,7,11,13,16H,5-6H2,1-3H3/t11-,13-,15+/m1/s1. The summed E-state index contributed by atoms with van der Waals surface area (Å²) in [6, 6.07) is 0.